The Morgan fingerprint density at radius 1 is 1.10 bits per heavy atom. The molecule has 0 saturated heterocycles. The fraction of sp³-hybridized carbons (Fsp3) is 0.273. The van der Waals surface area contributed by atoms with Crippen LogP contribution in [0.25, 0.3) is 11.0 Å². The maximum Gasteiger partial charge on any atom is 0.375 e. The van der Waals surface area contributed by atoms with E-state index < -0.39 is 18.5 Å². The molecule has 0 atom stereocenters. The molecule has 152 valence electrons. The Kier molecular flexibility index (Phi) is 6.90. The number of rotatable bonds is 8. The zero-order valence-electron chi connectivity index (χ0n) is 16.2. The standard InChI is InChI=1S/C22H22ClNO5/c1-14(2)27-12-17-16-8-4-6-10-19(16)29-21(17)22(26)28-13-20(25)24-11-15-7-3-5-9-18(15)23/h3-10,14H,11-13H2,1-2H3,(H,24,25). The number of benzene rings is 2. The van der Waals surface area contributed by atoms with Crippen molar-refractivity contribution >= 4 is 34.4 Å². The Labute approximate surface area is 173 Å². The minimum absolute atomic E-state index is 0.0110. The number of carbonyl (C=O) groups is 2. The summed E-state index contributed by atoms with van der Waals surface area (Å²) in [4.78, 5) is 24.6. The molecule has 29 heavy (non-hydrogen) atoms. The van der Waals surface area contributed by atoms with Crippen molar-refractivity contribution in [2.45, 2.75) is 33.1 Å². The van der Waals surface area contributed by atoms with E-state index in [1.165, 1.54) is 0 Å². The van der Waals surface area contributed by atoms with Gasteiger partial charge in [0.2, 0.25) is 5.76 Å². The number of carbonyl (C=O) groups excluding carboxylic acids is 2. The van der Waals surface area contributed by atoms with Gasteiger partial charge in [0, 0.05) is 22.5 Å². The van der Waals surface area contributed by atoms with Gasteiger partial charge in [0.1, 0.15) is 5.58 Å². The van der Waals surface area contributed by atoms with Gasteiger partial charge in [-0.05, 0) is 31.5 Å². The second-order valence-electron chi connectivity index (χ2n) is 6.71. The number of hydrogen-bond donors (Lipinski definition) is 1. The van der Waals surface area contributed by atoms with Gasteiger partial charge in [-0.1, -0.05) is 48.0 Å². The van der Waals surface area contributed by atoms with E-state index in [4.69, 9.17) is 25.5 Å². The van der Waals surface area contributed by atoms with E-state index >= 15 is 0 Å². The summed E-state index contributed by atoms with van der Waals surface area (Å²) in [5.74, 6) is -1.10. The molecule has 1 N–H and O–H groups in total. The van der Waals surface area contributed by atoms with Crippen molar-refractivity contribution in [1.29, 1.82) is 0 Å². The van der Waals surface area contributed by atoms with E-state index in [0.717, 1.165) is 10.9 Å². The summed E-state index contributed by atoms with van der Waals surface area (Å²) in [6.07, 6.45) is -0.0110. The highest BCUT2D eigenvalue weighted by molar-refractivity contribution is 6.31. The highest BCUT2D eigenvalue weighted by atomic mass is 35.5. The molecule has 0 bridgehead atoms. The fourth-order valence-electron chi connectivity index (χ4n) is 2.74. The number of hydrogen-bond acceptors (Lipinski definition) is 5. The maximum absolute atomic E-state index is 12.5. The van der Waals surface area contributed by atoms with Gasteiger partial charge >= 0.3 is 5.97 Å². The zero-order valence-corrected chi connectivity index (χ0v) is 17.0. The first-order valence-corrected chi connectivity index (χ1v) is 9.62. The Hall–Kier alpha value is -2.83. The molecular formula is C22H22ClNO5. The lowest BCUT2D eigenvalue weighted by Gasteiger charge is -2.09. The first-order valence-electron chi connectivity index (χ1n) is 9.25. The normalized spacial score (nSPS) is 11.0. The lowest BCUT2D eigenvalue weighted by atomic mass is 10.1. The Bertz CT molecular complexity index is 1010. The van der Waals surface area contributed by atoms with E-state index in [9.17, 15) is 9.59 Å². The number of fused-ring (bicyclic) bond motifs is 1. The lowest BCUT2D eigenvalue weighted by molar-refractivity contribution is -0.124. The number of para-hydroxylation sites is 1. The molecule has 3 aromatic rings. The van der Waals surface area contributed by atoms with Crippen molar-refractivity contribution in [2.24, 2.45) is 0 Å². The van der Waals surface area contributed by atoms with Crippen molar-refractivity contribution in [3.8, 4) is 0 Å². The van der Waals surface area contributed by atoms with E-state index in [0.29, 0.717) is 16.2 Å². The molecule has 1 heterocycles. The lowest BCUT2D eigenvalue weighted by Crippen LogP contribution is -2.28. The van der Waals surface area contributed by atoms with Crippen LogP contribution < -0.4 is 5.32 Å². The molecule has 0 spiro atoms. The third-order valence-electron chi connectivity index (χ3n) is 4.21. The molecule has 0 aliphatic rings. The van der Waals surface area contributed by atoms with Gasteiger partial charge in [-0.25, -0.2) is 4.79 Å². The smallest absolute Gasteiger partial charge is 0.375 e. The zero-order chi connectivity index (χ0) is 20.8. The molecule has 0 fully saturated rings. The number of halogens is 1. The molecule has 1 amide bonds. The molecular weight excluding hydrogens is 394 g/mol. The van der Waals surface area contributed by atoms with E-state index in [1.54, 1.807) is 12.1 Å². The largest absolute Gasteiger partial charge is 0.450 e. The average molecular weight is 416 g/mol. The third kappa shape index (κ3) is 5.37. The molecule has 1 aromatic heterocycles. The Morgan fingerprint density at radius 2 is 1.83 bits per heavy atom. The van der Waals surface area contributed by atoms with E-state index in [-0.39, 0.29) is 25.0 Å². The van der Waals surface area contributed by atoms with E-state index in [1.807, 2.05) is 50.2 Å². The van der Waals surface area contributed by atoms with Crippen LogP contribution in [0.15, 0.2) is 52.9 Å². The van der Waals surface area contributed by atoms with E-state index in [2.05, 4.69) is 5.32 Å². The number of furan rings is 1. The van der Waals surface area contributed by atoms with Crippen LogP contribution >= 0.6 is 11.6 Å². The molecule has 0 saturated carbocycles. The number of nitrogens with one attached hydrogen (secondary N) is 1. The fourth-order valence-corrected chi connectivity index (χ4v) is 2.94. The summed E-state index contributed by atoms with van der Waals surface area (Å²) < 4.78 is 16.5. The predicted octanol–water partition coefficient (Wildman–Crippen LogP) is 4.48. The summed E-state index contributed by atoms with van der Waals surface area (Å²) in [6, 6.07) is 14.5. The van der Waals surface area contributed by atoms with Gasteiger partial charge in [0.05, 0.1) is 12.7 Å². The minimum atomic E-state index is -0.712. The van der Waals surface area contributed by atoms with Crippen molar-refractivity contribution in [1.82, 2.24) is 5.32 Å². The number of ether oxygens (including phenoxy) is 2. The summed E-state index contributed by atoms with van der Waals surface area (Å²) in [6.45, 7) is 3.84. The molecule has 0 aliphatic heterocycles. The highest BCUT2D eigenvalue weighted by Gasteiger charge is 2.23. The molecule has 6 nitrogen and oxygen atoms in total. The van der Waals surface area contributed by atoms with Gasteiger partial charge in [0.25, 0.3) is 5.91 Å². The monoisotopic (exact) mass is 415 g/mol. The summed E-state index contributed by atoms with van der Waals surface area (Å²) in [5, 5.41) is 4.01. The van der Waals surface area contributed by atoms with Crippen molar-refractivity contribution in [3.63, 3.8) is 0 Å². The average Bonchev–Trinajstić information content (AvgIpc) is 3.08. The predicted molar refractivity (Wildman–Crippen MR) is 110 cm³/mol. The molecule has 3 rings (SSSR count). The molecule has 0 unspecified atom stereocenters. The van der Waals surface area contributed by atoms with Crippen LogP contribution in [0.3, 0.4) is 0 Å². The summed E-state index contributed by atoms with van der Waals surface area (Å²) >= 11 is 6.06. The quantitative estimate of drug-likeness (QED) is 0.548. The number of amides is 1. The van der Waals surface area contributed by atoms with Crippen LogP contribution in [0, 0.1) is 0 Å². The van der Waals surface area contributed by atoms with Gasteiger partial charge in [0.15, 0.2) is 6.61 Å². The second-order valence-corrected chi connectivity index (χ2v) is 7.12. The van der Waals surface area contributed by atoms with Crippen LogP contribution in [0.1, 0.15) is 35.5 Å². The maximum atomic E-state index is 12.5. The van der Waals surface area contributed by atoms with Crippen LogP contribution in [0.5, 0.6) is 0 Å². The summed E-state index contributed by atoms with van der Waals surface area (Å²) in [5.41, 5.74) is 1.94. The first-order chi connectivity index (χ1) is 14.0. The Morgan fingerprint density at radius 3 is 2.59 bits per heavy atom. The second kappa shape index (κ2) is 9.58. The van der Waals surface area contributed by atoms with Crippen LogP contribution in [0.4, 0.5) is 0 Å². The van der Waals surface area contributed by atoms with Gasteiger partial charge < -0.3 is 19.2 Å². The van der Waals surface area contributed by atoms with Crippen molar-refractivity contribution < 1.29 is 23.5 Å². The van der Waals surface area contributed by atoms with Gasteiger partial charge in [-0.2, -0.15) is 0 Å². The van der Waals surface area contributed by atoms with Crippen LogP contribution in [0.2, 0.25) is 5.02 Å². The molecule has 2 aromatic carbocycles. The third-order valence-corrected chi connectivity index (χ3v) is 4.58. The topological polar surface area (TPSA) is 77.8 Å². The molecule has 0 radical (unpaired) electrons. The first kappa shape index (κ1) is 20.9. The van der Waals surface area contributed by atoms with Crippen LogP contribution in [-0.4, -0.2) is 24.6 Å². The molecule has 0 aliphatic carbocycles. The number of esters is 1. The van der Waals surface area contributed by atoms with Crippen molar-refractivity contribution in [2.75, 3.05) is 6.61 Å². The summed E-state index contributed by atoms with van der Waals surface area (Å²) in [7, 11) is 0. The molecule has 7 heteroatoms. The van der Waals surface area contributed by atoms with Gasteiger partial charge in [-0.3, -0.25) is 4.79 Å². The van der Waals surface area contributed by atoms with Crippen molar-refractivity contribution in [3.05, 3.63) is 70.4 Å². The van der Waals surface area contributed by atoms with Gasteiger partial charge in [-0.15, -0.1) is 0 Å². The highest BCUT2D eigenvalue weighted by Crippen LogP contribution is 2.27. The minimum Gasteiger partial charge on any atom is -0.450 e. The Balaban J connectivity index is 1.64. The SMILES string of the molecule is CC(C)OCc1c(C(=O)OCC(=O)NCc2ccccc2Cl)oc2ccccc12. The van der Waals surface area contributed by atoms with Crippen LogP contribution in [-0.2, 0) is 27.4 Å².